The number of anilines is 1. The number of benzene rings is 2. The number of hydrogen-bond donors (Lipinski definition) is 3. The third-order valence-electron chi connectivity index (χ3n) is 3.41. The number of carboxylic acid groups (broad SMARTS) is 1. The smallest absolute Gasteiger partial charge is 0.337 e. The summed E-state index contributed by atoms with van der Waals surface area (Å²) in [5.41, 5.74) is -0.154. The molecular formula is C17H16F2N2O4. The molecule has 2 aromatic carbocycles. The molecule has 0 unspecified atom stereocenters. The minimum absolute atomic E-state index is 0.0210. The number of carbonyl (C=O) groups is 2. The Kier molecular flexibility index (Phi) is 6.02. The normalized spacial score (nSPS) is 10.4. The maximum Gasteiger partial charge on any atom is 0.337 e. The van der Waals surface area contributed by atoms with E-state index in [4.69, 9.17) is 10.2 Å². The van der Waals surface area contributed by atoms with Crippen LogP contribution in [-0.4, -0.2) is 40.3 Å². The van der Waals surface area contributed by atoms with E-state index in [0.717, 1.165) is 5.56 Å². The molecule has 132 valence electrons. The van der Waals surface area contributed by atoms with Gasteiger partial charge in [0.25, 0.3) is 0 Å². The van der Waals surface area contributed by atoms with Gasteiger partial charge in [0, 0.05) is 19.2 Å². The largest absolute Gasteiger partial charge is 0.478 e. The fourth-order valence-electron chi connectivity index (χ4n) is 2.20. The van der Waals surface area contributed by atoms with Crippen molar-refractivity contribution in [3.05, 3.63) is 65.2 Å². The zero-order valence-corrected chi connectivity index (χ0v) is 13.1. The Balaban J connectivity index is 2.23. The molecule has 2 aromatic rings. The minimum atomic E-state index is -1.51. The SMILES string of the molecule is O=C(O)c1cc(F)c(F)cc1NC(=O)N(CCO)Cc1ccccc1. The molecular weight excluding hydrogens is 334 g/mol. The number of aliphatic hydroxyl groups is 1. The molecule has 0 aliphatic heterocycles. The van der Waals surface area contributed by atoms with Crippen LogP contribution >= 0.6 is 0 Å². The lowest BCUT2D eigenvalue weighted by molar-refractivity contribution is 0.0697. The van der Waals surface area contributed by atoms with Gasteiger partial charge in [0.15, 0.2) is 11.6 Å². The molecule has 0 fully saturated rings. The molecule has 0 saturated carbocycles. The Morgan fingerprint density at radius 2 is 1.72 bits per heavy atom. The summed E-state index contributed by atoms with van der Waals surface area (Å²) in [6.07, 6.45) is 0. The monoisotopic (exact) mass is 350 g/mol. The van der Waals surface area contributed by atoms with Gasteiger partial charge >= 0.3 is 12.0 Å². The Labute approximate surface area is 142 Å². The molecule has 6 nitrogen and oxygen atoms in total. The summed E-state index contributed by atoms with van der Waals surface area (Å²) in [6, 6.07) is 9.28. The van der Waals surface area contributed by atoms with Crippen LogP contribution in [0.1, 0.15) is 15.9 Å². The van der Waals surface area contributed by atoms with Crippen molar-refractivity contribution in [3.63, 3.8) is 0 Å². The maximum atomic E-state index is 13.4. The molecule has 0 aliphatic rings. The van der Waals surface area contributed by atoms with E-state index in [2.05, 4.69) is 5.32 Å². The van der Waals surface area contributed by atoms with Crippen molar-refractivity contribution < 1.29 is 28.6 Å². The van der Waals surface area contributed by atoms with Crippen molar-refractivity contribution in [2.75, 3.05) is 18.5 Å². The van der Waals surface area contributed by atoms with Crippen LogP contribution in [0, 0.1) is 11.6 Å². The number of rotatable bonds is 6. The van der Waals surface area contributed by atoms with E-state index in [9.17, 15) is 18.4 Å². The molecule has 25 heavy (non-hydrogen) atoms. The summed E-state index contributed by atoms with van der Waals surface area (Å²) in [4.78, 5) is 24.8. The number of carboxylic acids is 1. The zero-order valence-electron chi connectivity index (χ0n) is 13.1. The first-order valence-corrected chi connectivity index (χ1v) is 7.35. The molecule has 0 atom stereocenters. The quantitative estimate of drug-likeness (QED) is 0.747. The second kappa shape index (κ2) is 8.20. The van der Waals surface area contributed by atoms with Crippen molar-refractivity contribution in [3.8, 4) is 0 Å². The lowest BCUT2D eigenvalue weighted by Crippen LogP contribution is -2.37. The Morgan fingerprint density at radius 1 is 1.08 bits per heavy atom. The average molecular weight is 350 g/mol. The molecule has 0 aliphatic carbocycles. The highest BCUT2D eigenvalue weighted by atomic mass is 19.2. The van der Waals surface area contributed by atoms with Gasteiger partial charge in [-0.1, -0.05) is 30.3 Å². The fourth-order valence-corrected chi connectivity index (χ4v) is 2.20. The van der Waals surface area contributed by atoms with Crippen molar-refractivity contribution >= 4 is 17.7 Å². The molecule has 0 bridgehead atoms. The first kappa shape index (κ1) is 18.3. The van der Waals surface area contributed by atoms with E-state index in [1.54, 1.807) is 30.3 Å². The Bertz CT molecular complexity index is 769. The molecule has 8 heteroatoms. The van der Waals surface area contributed by atoms with Crippen LogP contribution in [0.5, 0.6) is 0 Å². The van der Waals surface area contributed by atoms with E-state index in [0.29, 0.717) is 12.1 Å². The lowest BCUT2D eigenvalue weighted by Gasteiger charge is -2.23. The molecule has 3 N–H and O–H groups in total. The predicted molar refractivity (Wildman–Crippen MR) is 86.3 cm³/mol. The number of carbonyl (C=O) groups excluding carboxylic acids is 1. The van der Waals surface area contributed by atoms with Gasteiger partial charge in [-0.25, -0.2) is 18.4 Å². The molecule has 0 spiro atoms. The number of halogens is 2. The highest BCUT2D eigenvalue weighted by Crippen LogP contribution is 2.21. The number of hydrogen-bond acceptors (Lipinski definition) is 3. The third kappa shape index (κ3) is 4.74. The Morgan fingerprint density at radius 3 is 2.32 bits per heavy atom. The van der Waals surface area contributed by atoms with Gasteiger partial charge in [0.1, 0.15) is 0 Å². The minimum Gasteiger partial charge on any atom is -0.478 e. The van der Waals surface area contributed by atoms with Crippen LogP contribution in [0.3, 0.4) is 0 Å². The topological polar surface area (TPSA) is 89.9 Å². The third-order valence-corrected chi connectivity index (χ3v) is 3.41. The molecule has 0 heterocycles. The van der Waals surface area contributed by atoms with Gasteiger partial charge in [-0.15, -0.1) is 0 Å². The molecule has 0 radical (unpaired) electrons. The maximum absolute atomic E-state index is 13.4. The summed E-state index contributed by atoms with van der Waals surface area (Å²) in [5.74, 6) is -4.12. The predicted octanol–water partition coefficient (Wildman–Crippen LogP) is 2.69. The molecule has 0 aromatic heterocycles. The Hall–Kier alpha value is -3.00. The number of aromatic carboxylic acids is 1. The van der Waals surface area contributed by atoms with Gasteiger partial charge in [-0.3, -0.25) is 0 Å². The lowest BCUT2D eigenvalue weighted by atomic mass is 10.1. The zero-order chi connectivity index (χ0) is 18.4. The van der Waals surface area contributed by atoms with Crippen LogP contribution in [0.2, 0.25) is 0 Å². The van der Waals surface area contributed by atoms with E-state index >= 15 is 0 Å². The average Bonchev–Trinajstić information content (AvgIpc) is 2.58. The van der Waals surface area contributed by atoms with Gasteiger partial charge in [-0.05, 0) is 11.6 Å². The summed E-state index contributed by atoms with van der Waals surface area (Å²) in [5, 5.41) is 20.5. The first-order valence-electron chi connectivity index (χ1n) is 7.35. The van der Waals surface area contributed by atoms with Crippen LogP contribution in [0.25, 0.3) is 0 Å². The molecule has 0 saturated heterocycles. The summed E-state index contributed by atoms with van der Waals surface area (Å²) in [6.45, 7) is -0.185. The van der Waals surface area contributed by atoms with E-state index in [1.165, 1.54) is 4.90 Å². The van der Waals surface area contributed by atoms with Gasteiger partial charge in [0.05, 0.1) is 17.9 Å². The second-order valence-corrected chi connectivity index (χ2v) is 5.18. The van der Waals surface area contributed by atoms with Crippen molar-refractivity contribution in [1.82, 2.24) is 4.90 Å². The van der Waals surface area contributed by atoms with Gasteiger partial charge in [-0.2, -0.15) is 0 Å². The first-order chi connectivity index (χ1) is 11.9. The summed E-state index contributed by atoms with van der Waals surface area (Å²) < 4.78 is 26.6. The number of nitrogens with zero attached hydrogens (tertiary/aromatic N) is 1. The second-order valence-electron chi connectivity index (χ2n) is 5.18. The van der Waals surface area contributed by atoms with E-state index < -0.39 is 29.2 Å². The summed E-state index contributed by atoms with van der Waals surface area (Å²) >= 11 is 0. The number of amides is 2. The summed E-state index contributed by atoms with van der Waals surface area (Å²) in [7, 11) is 0. The number of urea groups is 1. The molecule has 2 amide bonds. The van der Waals surface area contributed by atoms with E-state index in [1.807, 2.05) is 0 Å². The van der Waals surface area contributed by atoms with Crippen molar-refractivity contribution in [1.29, 1.82) is 0 Å². The highest BCUT2D eigenvalue weighted by molar-refractivity contribution is 6.00. The number of nitrogens with one attached hydrogen (secondary N) is 1. The van der Waals surface area contributed by atoms with Gasteiger partial charge < -0.3 is 20.4 Å². The van der Waals surface area contributed by atoms with Crippen LogP contribution in [0.15, 0.2) is 42.5 Å². The van der Waals surface area contributed by atoms with Crippen LogP contribution < -0.4 is 5.32 Å². The standard InChI is InChI=1S/C17H16F2N2O4/c18-13-8-12(16(23)24)15(9-14(13)19)20-17(25)21(6-7-22)10-11-4-2-1-3-5-11/h1-5,8-9,22H,6-7,10H2,(H,20,25)(H,23,24). The number of aliphatic hydroxyl groups excluding tert-OH is 1. The van der Waals surface area contributed by atoms with Crippen molar-refractivity contribution in [2.45, 2.75) is 6.54 Å². The van der Waals surface area contributed by atoms with Crippen molar-refractivity contribution in [2.24, 2.45) is 0 Å². The fraction of sp³-hybridized carbons (Fsp3) is 0.176. The van der Waals surface area contributed by atoms with Crippen LogP contribution in [-0.2, 0) is 6.54 Å². The van der Waals surface area contributed by atoms with Gasteiger partial charge in [0.2, 0.25) is 0 Å². The van der Waals surface area contributed by atoms with Crippen LogP contribution in [0.4, 0.5) is 19.3 Å². The molecule has 2 rings (SSSR count). The highest BCUT2D eigenvalue weighted by Gasteiger charge is 2.20. The van der Waals surface area contributed by atoms with E-state index in [-0.39, 0.29) is 25.4 Å².